The van der Waals surface area contributed by atoms with E-state index in [1.807, 2.05) is 0 Å². The molecule has 0 spiro atoms. The van der Waals surface area contributed by atoms with Crippen LogP contribution in [0.15, 0.2) is 0 Å². The summed E-state index contributed by atoms with van der Waals surface area (Å²) in [6.07, 6.45) is 0. The van der Waals surface area contributed by atoms with E-state index in [0.29, 0.717) is 0 Å². The standard InChI is InChI=1S/C2H3Cl3.Zn/c1-2(3,4)5;/h1H3;. The molecule has 6 heavy (non-hydrogen) atoms. The summed E-state index contributed by atoms with van der Waals surface area (Å²) in [6, 6.07) is 0. The zero-order valence-electron chi connectivity index (χ0n) is 3.34. The smallest absolute Gasteiger partial charge is 0.0840 e. The third-order valence-electron chi connectivity index (χ3n) is 0. The third kappa shape index (κ3) is 49.7. The Bertz CT molecular complexity index is 24.3. The van der Waals surface area contributed by atoms with Gasteiger partial charge in [-0.15, -0.1) is 0 Å². The van der Waals surface area contributed by atoms with Gasteiger partial charge in [0, 0.05) is 19.5 Å². The van der Waals surface area contributed by atoms with Crippen LogP contribution in [0.1, 0.15) is 6.92 Å². The van der Waals surface area contributed by atoms with Crippen LogP contribution in [0.3, 0.4) is 0 Å². The van der Waals surface area contributed by atoms with Gasteiger partial charge in [-0.2, -0.15) is 0 Å². The minimum absolute atomic E-state index is 0. The van der Waals surface area contributed by atoms with Gasteiger partial charge in [0.2, 0.25) is 0 Å². The molecule has 0 heterocycles. The molecular formula is C2H3Cl3Zn. The van der Waals surface area contributed by atoms with Crippen LogP contribution in [0.25, 0.3) is 0 Å². The Morgan fingerprint density at radius 2 is 1.17 bits per heavy atom. The van der Waals surface area contributed by atoms with Crippen molar-refractivity contribution in [3.63, 3.8) is 0 Å². The molecule has 0 nitrogen and oxygen atoms in total. The summed E-state index contributed by atoms with van der Waals surface area (Å²) in [5, 5.41) is 0. The van der Waals surface area contributed by atoms with Crippen molar-refractivity contribution in [3.05, 3.63) is 0 Å². The predicted octanol–water partition coefficient (Wildman–Crippen LogP) is 2.37. The predicted molar refractivity (Wildman–Crippen MR) is 26.0 cm³/mol. The fourth-order valence-electron chi connectivity index (χ4n) is 0. The van der Waals surface area contributed by atoms with Gasteiger partial charge in [0.15, 0.2) is 3.79 Å². The molecule has 0 rings (SSSR count). The number of alkyl halides is 3. The number of rotatable bonds is 0. The van der Waals surface area contributed by atoms with E-state index in [-0.39, 0.29) is 19.5 Å². The van der Waals surface area contributed by atoms with Crippen molar-refractivity contribution >= 4 is 34.8 Å². The Labute approximate surface area is 64.9 Å². The van der Waals surface area contributed by atoms with Gasteiger partial charge in [0.1, 0.15) is 0 Å². The minimum atomic E-state index is -1.08. The second-order valence-corrected chi connectivity index (χ2v) is 3.63. The average molecular weight is 199 g/mol. The van der Waals surface area contributed by atoms with E-state index in [9.17, 15) is 0 Å². The fourth-order valence-corrected chi connectivity index (χ4v) is 0. The molecule has 0 saturated carbocycles. The maximum atomic E-state index is 5.06. The SMILES string of the molecule is CC(Cl)(Cl)Cl.[Zn]. The Morgan fingerprint density at radius 3 is 1.17 bits per heavy atom. The van der Waals surface area contributed by atoms with E-state index < -0.39 is 3.79 Å². The molecule has 34 valence electrons. The molecule has 0 bridgehead atoms. The van der Waals surface area contributed by atoms with Crippen LogP contribution < -0.4 is 0 Å². The molecule has 0 N–H and O–H groups in total. The van der Waals surface area contributed by atoms with E-state index in [0.717, 1.165) is 0 Å². The van der Waals surface area contributed by atoms with Gasteiger partial charge in [-0.1, -0.05) is 34.8 Å². The van der Waals surface area contributed by atoms with Crippen LogP contribution in [0.5, 0.6) is 0 Å². The molecule has 0 atom stereocenters. The van der Waals surface area contributed by atoms with E-state index in [4.69, 9.17) is 34.8 Å². The summed E-state index contributed by atoms with van der Waals surface area (Å²) in [5.41, 5.74) is 0. The van der Waals surface area contributed by atoms with Crippen molar-refractivity contribution in [1.29, 1.82) is 0 Å². The van der Waals surface area contributed by atoms with Crippen molar-refractivity contribution < 1.29 is 19.5 Å². The van der Waals surface area contributed by atoms with Crippen LogP contribution in [0.4, 0.5) is 0 Å². The zero-order chi connectivity index (χ0) is 4.50. The van der Waals surface area contributed by atoms with Gasteiger partial charge in [0.25, 0.3) is 0 Å². The Hall–Kier alpha value is 1.49. The summed E-state index contributed by atoms with van der Waals surface area (Å²) in [7, 11) is 0. The van der Waals surface area contributed by atoms with Crippen molar-refractivity contribution in [3.8, 4) is 0 Å². The Balaban J connectivity index is 0. The van der Waals surface area contributed by atoms with Crippen molar-refractivity contribution in [2.75, 3.05) is 0 Å². The molecule has 0 aliphatic carbocycles. The van der Waals surface area contributed by atoms with E-state index in [1.165, 1.54) is 6.92 Å². The van der Waals surface area contributed by atoms with E-state index in [1.54, 1.807) is 0 Å². The summed E-state index contributed by atoms with van der Waals surface area (Å²) >= 11 is 15.2. The monoisotopic (exact) mass is 196 g/mol. The second-order valence-electron chi connectivity index (χ2n) is 0.781. The average Bonchev–Trinajstić information content (AvgIpc) is 0.722. The molecular weight excluding hydrogens is 196 g/mol. The minimum Gasteiger partial charge on any atom is -0.0840 e. The first kappa shape index (κ1) is 10.5. The van der Waals surface area contributed by atoms with Crippen molar-refractivity contribution in [2.24, 2.45) is 0 Å². The van der Waals surface area contributed by atoms with Crippen LogP contribution >= 0.6 is 34.8 Å². The molecule has 0 aliphatic heterocycles. The molecule has 0 aromatic rings. The van der Waals surface area contributed by atoms with Gasteiger partial charge >= 0.3 is 0 Å². The van der Waals surface area contributed by atoms with Gasteiger partial charge < -0.3 is 0 Å². The van der Waals surface area contributed by atoms with Gasteiger partial charge in [-0.3, -0.25) is 0 Å². The quantitative estimate of drug-likeness (QED) is 0.414. The normalized spacial score (nSPS) is 10.0. The molecule has 0 radical (unpaired) electrons. The zero-order valence-corrected chi connectivity index (χ0v) is 8.58. The molecule has 0 aliphatic rings. The van der Waals surface area contributed by atoms with Crippen LogP contribution in [0, 0.1) is 0 Å². The molecule has 0 aromatic carbocycles. The van der Waals surface area contributed by atoms with Crippen LogP contribution in [-0.4, -0.2) is 3.79 Å². The topological polar surface area (TPSA) is 0 Å². The van der Waals surface area contributed by atoms with Crippen molar-refractivity contribution in [1.82, 2.24) is 0 Å². The Kier molecular flexibility index (Phi) is 6.09. The first-order valence-electron chi connectivity index (χ1n) is 1.07. The molecule has 0 unspecified atom stereocenters. The fraction of sp³-hybridized carbons (Fsp3) is 1.00. The Morgan fingerprint density at radius 1 is 1.17 bits per heavy atom. The number of hydrogen-bond donors (Lipinski definition) is 0. The maximum absolute atomic E-state index is 5.06. The van der Waals surface area contributed by atoms with Gasteiger partial charge in [0.05, 0.1) is 0 Å². The van der Waals surface area contributed by atoms with E-state index in [2.05, 4.69) is 0 Å². The van der Waals surface area contributed by atoms with Gasteiger partial charge in [-0.25, -0.2) is 0 Å². The third-order valence-corrected chi connectivity index (χ3v) is 0. The van der Waals surface area contributed by atoms with Gasteiger partial charge in [-0.05, 0) is 6.92 Å². The first-order chi connectivity index (χ1) is 2.00. The molecule has 0 fully saturated rings. The summed E-state index contributed by atoms with van der Waals surface area (Å²) in [5.74, 6) is 0. The summed E-state index contributed by atoms with van der Waals surface area (Å²) < 4.78 is -1.08. The maximum Gasteiger partial charge on any atom is 0.187 e. The summed E-state index contributed by atoms with van der Waals surface area (Å²) in [6.45, 7) is 1.48. The molecule has 4 heteroatoms. The van der Waals surface area contributed by atoms with Crippen LogP contribution in [0.2, 0.25) is 0 Å². The first-order valence-corrected chi connectivity index (χ1v) is 2.20. The molecule has 0 amide bonds. The molecule has 0 saturated heterocycles. The van der Waals surface area contributed by atoms with E-state index >= 15 is 0 Å². The van der Waals surface area contributed by atoms with Crippen LogP contribution in [-0.2, 0) is 19.5 Å². The second kappa shape index (κ2) is 3.49. The van der Waals surface area contributed by atoms with Crippen molar-refractivity contribution in [2.45, 2.75) is 10.7 Å². The molecule has 0 aromatic heterocycles. The number of hydrogen-bond acceptors (Lipinski definition) is 0. The largest absolute Gasteiger partial charge is 0.187 e. The summed E-state index contributed by atoms with van der Waals surface area (Å²) in [4.78, 5) is 0. The number of halogens is 3.